The highest BCUT2D eigenvalue weighted by molar-refractivity contribution is 5.11. The van der Waals surface area contributed by atoms with E-state index in [0.29, 0.717) is 5.92 Å². The van der Waals surface area contributed by atoms with Gasteiger partial charge in [-0.25, -0.2) is 0 Å². The van der Waals surface area contributed by atoms with E-state index >= 15 is 0 Å². The molecule has 0 saturated heterocycles. The lowest BCUT2D eigenvalue weighted by Crippen LogP contribution is -2.33. The van der Waals surface area contributed by atoms with Crippen molar-refractivity contribution < 1.29 is 0 Å². The SMILES string of the molecule is CNCC1CCC(C(C)C)CC1c1ccnn1C. The quantitative estimate of drug-likeness (QED) is 0.889. The van der Waals surface area contributed by atoms with Crippen LogP contribution in [0.15, 0.2) is 12.3 Å². The van der Waals surface area contributed by atoms with Gasteiger partial charge in [0.05, 0.1) is 0 Å². The maximum atomic E-state index is 4.35. The molecule has 1 fully saturated rings. The monoisotopic (exact) mass is 249 g/mol. The van der Waals surface area contributed by atoms with Crippen LogP contribution in [0.25, 0.3) is 0 Å². The zero-order valence-corrected chi connectivity index (χ0v) is 12.2. The molecular formula is C15H27N3. The van der Waals surface area contributed by atoms with Crippen LogP contribution < -0.4 is 5.32 Å². The topological polar surface area (TPSA) is 29.9 Å². The fourth-order valence-corrected chi connectivity index (χ4v) is 3.49. The molecule has 3 unspecified atom stereocenters. The summed E-state index contributed by atoms with van der Waals surface area (Å²) in [6.07, 6.45) is 5.99. The first-order chi connectivity index (χ1) is 8.63. The lowest BCUT2D eigenvalue weighted by Gasteiger charge is -2.38. The van der Waals surface area contributed by atoms with E-state index in [1.807, 2.05) is 6.20 Å². The lowest BCUT2D eigenvalue weighted by atomic mass is 9.69. The van der Waals surface area contributed by atoms with Crippen molar-refractivity contribution in [1.82, 2.24) is 15.1 Å². The number of nitrogens with one attached hydrogen (secondary N) is 1. The van der Waals surface area contributed by atoms with E-state index in [9.17, 15) is 0 Å². The molecular weight excluding hydrogens is 222 g/mol. The molecule has 1 aliphatic rings. The first kappa shape index (κ1) is 13.6. The minimum absolute atomic E-state index is 0.672. The van der Waals surface area contributed by atoms with Gasteiger partial charge in [0, 0.05) is 24.9 Å². The Bertz CT molecular complexity index is 370. The van der Waals surface area contributed by atoms with E-state index < -0.39 is 0 Å². The fraction of sp³-hybridized carbons (Fsp3) is 0.800. The number of aryl methyl sites for hydroxylation is 1. The smallest absolute Gasteiger partial charge is 0.0492 e. The van der Waals surface area contributed by atoms with Crippen molar-refractivity contribution in [2.75, 3.05) is 13.6 Å². The molecule has 1 aromatic heterocycles. The second-order valence-electron chi connectivity index (χ2n) is 6.12. The second-order valence-corrected chi connectivity index (χ2v) is 6.12. The Labute approximate surface area is 111 Å². The Morgan fingerprint density at radius 3 is 2.78 bits per heavy atom. The maximum Gasteiger partial charge on any atom is 0.0492 e. The number of hydrogen-bond donors (Lipinski definition) is 1. The van der Waals surface area contributed by atoms with Gasteiger partial charge in [-0.1, -0.05) is 13.8 Å². The van der Waals surface area contributed by atoms with Crippen LogP contribution in [-0.4, -0.2) is 23.4 Å². The van der Waals surface area contributed by atoms with Crippen LogP contribution in [0.3, 0.4) is 0 Å². The van der Waals surface area contributed by atoms with Gasteiger partial charge < -0.3 is 5.32 Å². The molecule has 3 heteroatoms. The number of nitrogens with zero attached hydrogens (tertiary/aromatic N) is 2. The molecule has 3 nitrogen and oxygen atoms in total. The molecule has 1 saturated carbocycles. The molecule has 0 aromatic carbocycles. The van der Waals surface area contributed by atoms with Crippen molar-refractivity contribution in [3.8, 4) is 0 Å². The van der Waals surface area contributed by atoms with Crippen molar-refractivity contribution >= 4 is 0 Å². The molecule has 0 bridgehead atoms. The van der Waals surface area contributed by atoms with Gasteiger partial charge in [-0.05, 0) is 56.7 Å². The summed E-state index contributed by atoms with van der Waals surface area (Å²) in [7, 11) is 4.14. The van der Waals surface area contributed by atoms with Crippen LogP contribution in [0.4, 0.5) is 0 Å². The molecule has 1 aromatic rings. The predicted octanol–water partition coefficient (Wildman–Crippen LogP) is 2.80. The molecule has 2 rings (SSSR count). The minimum atomic E-state index is 0.672. The van der Waals surface area contributed by atoms with Gasteiger partial charge >= 0.3 is 0 Å². The zero-order chi connectivity index (χ0) is 13.1. The first-order valence-electron chi connectivity index (χ1n) is 7.26. The molecule has 18 heavy (non-hydrogen) atoms. The summed E-state index contributed by atoms with van der Waals surface area (Å²) in [5, 5.41) is 7.72. The summed E-state index contributed by atoms with van der Waals surface area (Å²) in [5.74, 6) is 3.11. The molecule has 0 spiro atoms. The van der Waals surface area contributed by atoms with Crippen LogP contribution in [0.1, 0.15) is 44.7 Å². The van der Waals surface area contributed by atoms with E-state index in [0.717, 1.165) is 24.3 Å². The van der Waals surface area contributed by atoms with E-state index in [-0.39, 0.29) is 0 Å². The second kappa shape index (κ2) is 5.87. The number of hydrogen-bond acceptors (Lipinski definition) is 2. The molecule has 3 atom stereocenters. The Hall–Kier alpha value is -0.830. The molecule has 1 heterocycles. The van der Waals surface area contributed by atoms with E-state index in [4.69, 9.17) is 0 Å². The van der Waals surface area contributed by atoms with Crippen molar-refractivity contribution in [3.63, 3.8) is 0 Å². The highest BCUT2D eigenvalue weighted by Gasteiger charge is 2.33. The van der Waals surface area contributed by atoms with Crippen LogP contribution >= 0.6 is 0 Å². The Morgan fingerprint density at radius 2 is 2.22 bits per heavy atom. The summed E-state index contributed by atoms with van der Waals surface area (Å²) in [4.78, 5) is 0. The van der Waals surface area contributed by atoms with Gasteiger partial charge in [-0.2, -0.15) is 5.10 Å². The van der Waals surface area contributed by atoms with E-state index in [1.54, 1.807) is 0 Å². The Balaban J connectivity index is 2.17. The third-order valence-corrected chi connectivity index (χ3v) is 4.68. The lowest BCUT2D eigenvalue weighted by molar-refractivity contribution is 0.187. The zero-order valence-electron chi connectivity index (χ0n) is 12.2. The molecule has 0 radical (unpaired) electrons. The fourth-order valence-electron chi connectivity index (χ4n) is 3.49. The van der Waals surface area contributed by atoms with Crippen LogP contribution in [0.2, 0.25) is 0 Å². The van der Waals surface area contributed by atoms with E-state index in [2.05, 4.69) is 49.1 Å². The largest absolute Gasteiger partial charge is 0.319 e. The van der Waals surface area contributed by atoms with Crippen LogP contribution in [-0.2, 0) is 7.05 Å². The number of rotatable bonds is 4. The molecule has 0 amide bonds. The summed E-state index contributed by atoms with van der Waals surface area (Å²) < 4.78 is 2.07. The standard InChI is InChI=1S/C15H27N3/c1-11(2)12-5-6-13(10-16-3)14(9-12)15-7-8-17-18(15)4/h7-8,11-14,16H,5-6,9-10H2,1-4H3. The van der Waals surface area contributed by atoms with Gasteiger partial charge in [0.2, 0.25) is 0 Å². The van der Waals surface area contributed by atoms with Gasteiger partial charge in [0.15, 0.2) is 0 Å². The average Bonchev–Trinajstić information content (AvgIpc) is 2.76. The minimum Gasteiger partial charge on any atom is -0.319 e. The third-order valence-electron chi connectivity index (χ3n) is 4.68. The summed E-state index contributed by atoms with van der Waals surface area (Å²) in [5.41, 5.74) is 1.42. The molecule has 102 valence electrons. The Morgan fingerprint density at radius 1 is 1.44 bits per heavy atom. The van der Waals surface area contributed by atoms with Gasteiger partial charge in [-0.3, -0.25) is 4.68 Å². The van der Waals surface area contributed by atoms with E-state index in [1.165, 1.54) is 25.0 Å². The van der Waals surface area contributed by atoms with Crippen molar-refractivity contribution in [2.45, 2.75) is 39.0 Å². The predicted molar refractivity (Wildman–Crippen MR) is 75.5 cm³/mol. The normalized spacial score (nSPS) is 28.8. The third kappa shape index (κ3) is 2.77. The first-order valence-corrected chi connectivity index (χ1v) is 7.26. The van der Waals surface area contributed by atoms with Crippen LogP contribution in [0, 0.1) is 17.8 Å². The highest BCUT2D eigenvalue weighted by atomic mass is 15.3. The summed E-state index contributed by atoms with van der Waals surface area (Å²) in [6, 6.07) is 2.20. The molecule has 1 aliphatic carbocycles. The molecule has 1 N–H and O–H groups in total. The summed E-state index contributed by atoms with van der Waals surface area (Å²) in [6.45, 7) is 5.85. The summed E-state index contributed by atoms with van der Waals surface area (Å²) >= 11 is 0. The maximum absolute atomic E-state index is 4.35. The van der Waals surface area contributed by atoms with Crippen molar-refractivity contribution in [2.24, 2.45) is 24.8 Å². The van der Waals surface area contributed by atoms with Gasteiger partial charge in [0.1, 0.15) is 0 Å². The van der Waals surface area contributed by atoms with Gasteiger partial charge in [0.25, 0.3) is 0 Å². The van der Waals surface area contributed by atoms with Gasteiger partial charge in [-0.15, -0.1) is 0 Å². The van der Waals surface area contributed by atoms with Crippen molar-refractivity contribution in [1.29, 1.82) is 0 Å². The van der Waals surface area contributed by atoms with Crippen molar-refractivity contribution in [3.05, 3.63) is 18.0 Å². The average molecular weight is 249 g/mol. The Kier molecular flexibility index (Phi) is 4.44. The highest BCUT2D eigenvalue weighted by Crippen LogP contribution is 2.42. The van der Waals surface area contributed by atoms with Crippen LogP contribution in [0.5, 0.6) is 0 Å². The molecule has 0 aliphatic heterocycles. The number of aromatic nitrogens is 2.